The first-order valence-corrected chi connectivity index (χ1v) is 9.05. The van der Waals surface area contributed by atoms with Crippen LogP contribution in [0.1, 0.15) is 0 Å². The number of halogens is 4. The molecule has 2 N–H and O–H groups in total. The van der Waals surface area contributed by atoms with Crippen LogP contribution < -0.4 is 10.9 Å². The van der Waals surface area contributed by atoms with E-state index in [1.807, 2.05) is 24.3 Å². The third-order valence-corrected chi connectivity index (χ3v) is 5.46. The molecule has 0 aliphatic carbocycles. The lowest BCUT2D eigenvalue weighted by atomic mass is 9.74. The van der Waals surface area contributed by atoms with E-state index in [9.17, 15) is 10.0 Å². The lowest BCUT2D eigenvalue weighted by molar-refractivity contribution is 0.379. The summed E-state index contributed by atoms with van der Waals surface area (Å²) in [5.74, 6) is 0. The summed E-state index contributed by atoms with van der Waals surface area (Å²) >= 11 is 13.8. The Morgan fingerprint density at radius 1 is 0.714 bits per heavy atom. The van der Waals surface area contributed by atoms with E-state index in [2.05, 4.69) is 63.7 Å². The molecule has 9 heteroatoms. The number of benzene rings is 2. The van der Waals surface area contributed by atoms with Gasteiger partial charge in [0.25, 0.3) is 0 Å². The Hall–Kier alpha value is 0.370. The second kappa shape index (κ2) is 6.11. The standard InChI is InChI=1S/C12H6B2Br4O3/c15-5-1-7-8-2-6(16)4-10(18)12(8)14(20)21-13(19)11(7)9(17)3-5/h1-4,19-20H. The van der Waals surface area contributed by atoms with Crippen molar-refractivity contribution in [3.63, 3.8) is 0 Å². The van der Waals surface area contributed by atoms with Crippen LogP contribution in [0.2, 0.25) is 0 Å². The highest BCUT2D eigenvalue weighted by Crippen LogP contribution is 2.31. The minimum Gasteiger partial charge on any atom is -0.443 e. The Bertz CT molecular complexity index is 679. The summed E-state index contributed by atoms with van der Waals surface area (Å²) in [6, 6.07) is 7.44. The van der Waals surface area contributed by atoms with E-state index in [-0.39, 0.29) is 0 Å². The number of rotatable bonds is 0. The highest BCUT2D eigenvalue weighted by Gasteiger charge is 2.37. The van der Waals surface area contributed by atoms with E-state index in [4.69, 9.17) is 4.57 Å². The fourth-order valence-corrected chi connectivity index (χ4v) is 5.22. The van der Waals surface area contributed by atoms with E-state index in [0.29, 0.717) is 19.9 Å². The highest BCUT2D eigenvalue weighted by molar-refractivity contribution is 9.11. The van der Waals surface area contributed by atoms with Gasteiger partial charge in [-0.3, -0.25) is 0 Å². The van der Waals surface area contributed by atoms with Gasteiger partial charge in [-0.2, -0.15) is 0 Å². The molecule has 0 spiro atoms. The van der Waals surface area contributed by atoms with Crippen LogP contribution in [0.5, 0.6) is 0 Å². The largest absolute Gasteiger partial charge is 0.479 e. The highest BCUT2D eigenvalue weighted by atomic mass is 79.9. The van der Waals surface area contributed by atoms with E-state index < -0.39 is 14.2 Å². The van der Waals surface area contributed by atoms with Gasteiger partial charge in [0.15, 0.2) is 0 Å². The molecule has 0 atom stereocenters. The van der Waals surface area contributed by atoms with Crippen LogP contribution in [0.3, 0.4) is 0 Å². The van der Waals surface area contributed by atoms with Gasteiger partial charge in [-0.1, -0.05) is 63.7 Å². The molecule has 0 unspecified atom stereocenters. The van der Waals surface area contributed by atoms with Gasteiger partial charge >= 0.3 is 14.2 Å². The molecule has 0 fully saturated rings. The van der Waals surface area contributed by atoms with E-state index >= 15 is 0 Å². The monoisotopic (exact) mass is 536 g/mol. The SMILES string of the molecule is OB1OB(O)c2c(Br)cc(Br)cc2-c2cc(Br)cc(Br)c21. The molecule has 3 nitrogen and oxygen atoms in total. The lowest BCUT2D eigenvalue weighted by Crippen LogP contribution is -2.43. The Morgan fingerprint density at radius 3 is 1.48 bits per heavy atom. The Kier molecular flexibility index (Phi) is 4.72. The second-order valence-electron chi connectivity index (χ2n) is 4.54. The van der Waals surface area contributed by atoms with Gasteiger partial charge in [0, 0.05) is 28.8 Å². The smallest absolute Gasteiger partial charge is 0.443 e. The zero-order valence-electron chi connectivity index (χ0n) is 10.3. The summed E-state index contributed by atoms with van der Waals surface area (Å²) in [6.45, 7) is 0. The molecule has 0 bridgehead atoms. The van der Waals surface area contributed by atoms with Gasteiger partial charge in [0.05, 0.1) is 0 Å². The normalized spacial score (nSPS) is 13.8. The summed E-state index contributed by atoms with van der Waals surface area (Å²) in [6.07, 6.45) is 0. The molecule has 1 aliphatic rings. The van der Waals surface area contributed by atoms with Crippen LogP contribution in [0.25, 0.3) is 11.1 Å². The van der Waals surface area contributed by atoms with Crippen molar-refractivity contribution in [2.24, 2.45) is 0 Å². The van der Waals surface area contributed by atoms with Crippen molar-refractivity contribution in [2.45, 2.75) is 0 Å². The van der Waals surface area contributed by atoms with Crippen LogP contribution in [0, 0.1) is 0 Å². The first-order chi connectivity index (χ1) is 9.88. The minimum absolute atomic E-state index is 0.584. The first-order valence-electron chi connectivity index (χ1n) is 5.88. The molecule has 106 valence electrons. The van der Waals surface area contributed by atoms with Gasteiger partial charge in [0.2, 0.25) is 0 Å². The Labute approximate surface area is 155 Å². The van der Waals surface area contributed by atoms with Crippen molar-refractivity contribution in [3.8, 4) is 11.1 Å². The summed E-state index contributed by atoms with van der Waals surface area (Å²) < 4.78 is 8.45. The van der Waals surface area contributed by atoms with Gasteiger partial charge in [0.1, 0.15) is 0 Å². The average molecular weight is 539 g/mol. The van der Waals surface area contributed by atoms with Crippen LogP contribution >= 0.6 is 63.7 Å². The Morgan fingerprint density at radius 2 is 1.10 bits per heavy atom. The molecule has 0 saturated heterocycles. The molecule has 1 aliphatic heterocycles. The molecular formula is C12H6B2Br4O3. The molecule has 0 radical (unpaired) electrons. The van der Waals surface area contributed by atoms with E-state index in [1.54, 1.807) is 0 Å². The van der Waals surface area contributed by atoms with Crippen molar-refractivity contribution < 1.29 is 14.6 Å². The fraction of sp³-hybridized carbons (Fsp3) is 0. The molecular weight excluding hydrogens is 533 g/mol. The molecule has 3 rings (SSSR count). The Balaban J connectivity index is 2.42. The number of hydrogen-bond donors (Lipinski definition) is 2. The summed E-state index contributed by atoms with van der Waals surface area (Å²) in [4.78, 5) is 0. The van der Waals surface area contributed by atoms with Crippen molar-refractivity contribution >= 4 is 88.9 Å². The molecule has 0 amide bonds. The number of hydrogen-bond acceptors (Lipinski definition) is 3. The van der Waals surface area contributed by atoms with Crippen LogP contribution in [-0.4, -0.2) is 24.3 Å². The van der Waals surface area contributed by atoms with Crippen molar-refractivity contribution in [2.75, 3.05) is 0 Å². The summed E-state index contributed by atoms with van der Waals surface area (Å²) in [7, 11) is -2.45. The maximum absolute atomic E-state index is 10.3. The number of fused-ring (bicyclic) bond motifs is 3. The molecule has 0 saturated carbocycles. The van der Waals surface area contributed by atoms with Crippen LogP contribution in [0.4, 0.5) is 0 Å². The lowest BCUT2D eigenvalue weighted by Gasteiger charge is -2.13. The third kappa shape index (κ3) is 2.94. The van der Waals surface area contributed by atoms with Crippen molar-refractivity contribution in [1.82, 2.24) is 0 Å². The first kappa shape index (κ1) is 16.2. The zero-order valence-corrected chi connectivity index (χ0v) is 16.6. The molecule has 2 aromatic rings. The summed E-state index contributed by atoms with van der Waals surface area (Å²) in [5, 5.41) is 20.5. The fourth-order valence-electron chi connectivity index (χ4n) is 2.38. The van der Waals surface area contributed by atoms with Crippen LogP contribution in [0.15, 0.2) is 42.2 Å². The minimum atomic E-state index is -1.23. The molecule has 0 aromatic heterocycles. The molecule has 2 aromatic carbocycles. The van der Waals surface area contributed by atoms with Crippen molar-refractivity contribution in [1.29, 1.82) is 0 Å². The van der Waals surface area contributed by atoms with Crippen molar-refractivity contribution in [3.05, 3.63) is 42.2 Å². The van der Waals surface area contributed by atoms with Gasteiger partial charge in [-0.15, -0.1) is 0 Å². The summed E-state index contributed by atoms with van der Waals surface area (Å²) in [5.41, 5.74) is 2.75. The van der Waals surface area contributed by atoms with Crippen LogP contribution in [-0.2, 0) is 4.57 Å². The quantitative estimate of drug-likeness (QED) is 0.507. The maximum Gasteiger partial charge on any atom is 0.479 e. The molecule has 1 heterocycles. The predicted octanol–water partition coefficient (Wildman–Crippen LogP) is 2.81. The second-order valence-corrected chi connectivity index (χ2v) is 8.08. The van der Waals surface area contributed by atoms with Gasteiger partial charge in [-0.05, 0) is 35.4 Å². The maximum atomic E-state index is 10.3. The predicted molar refractivity (Wildman–Crippen MR) is 99.0 cm³/mol. The third-order valence-electron chi connectivity index (χ3n) is 3.23. The van der Waals surface area contributed by atoms with Gasteiger partial charge in [-0.25, -0.2) is 0 Å². The van der Waals surface area contributed by atoms with E-state index in [0.717, 1.165) is 20.1 Å². The topological polar surface area (TPSA) is 49.7 Å². The van der Waals surface area contributed by atoms with Gasteiger partial charge < -0.3 is 14.6 Å². The molecule has 21 heavy (non-hydrogen) atoms. The van der Waals surface area contributed by atoms with E-state index in [1.165, 1.54) is 0 Å². The zero-order chi connectivity index (χ0) is 15.3. The average Bonchev–Trinajstić information content (AvgIpc) is 2.45.